The summed E-state index contributed by atoms with van der Waals surface area (Å²) in [5.74, 6) is 0.542. The molecule has 4 aromatic rings. The zero-order valence-electron chi connectivity index (χ0n) is 15.9. The highest BCUT2D eigenvalue weighted by molar-refractivity contribution is 6.10. The number of para-hydroxylation sites is 2. The van der Waals surface area contributed by atoms with Crippen molar-refractivity contribution in [2.45, 2.75) is 33.1 Å². The summed E-state index contributed by atoms with van der Waals surface area (Å²) in [6.07, 6.45) is 0.971. The molecule has 0 N–H and O–H groups in total. The second-order valence-electron chi connectivity index (χ2n) is 7.21. The predicted octanol–water partition coefficient (Wildman–Crippen LogP) is 7.04. The number of benzene rings is 3. The van der Waals surface area contributed by atoms with Crippen LogP contribution in [0.3, 0.4) is 0 Å². The van der Waals surface area contributed by atoms with Gasteiger partial charge in [-0.05, 0) is 41.7 Å². The van der Waals surface area contributed by atoms with Crippen LogP contribution in [-0.4, -0.2) is 7.05 Å². The number of hydrogen-bond donors (Lipinski definition) is 0. The molecule has 0 radical (unpaired) electrons. The van der Waals surface area contributed by atoms with Gasteiger partial charge in [0, 0.05) is 23.5 Å². The summed E-state index contributed by atoms with van der Waals surface area (Å²) in [5.41, 5.74) is 6.85. The Morgan fingerprint density at radius 2 is 1.50 bits per heavy atom. The molecule has 0 saturated carbocycles. The van der Waals surface area contributed by atoms with Crippen LogP contribution in [0, 0.1) is 0 Å². The van der Waals surface area contributed by atoms with Crippen molar-refractivity contribution in [3.8, 4) is 0 Å². The number of nitrogens with zero attached hydrogens (tertiary/aromatic N) is 1. The lowest BCUT2D eigenvalue weighted by Gasteiger charge is -2.20. The second kappa shape index (κ2) is 6.53. The minimum Gasteiger partial charge on any atom is -0.454 e. The summed E-state index contributed by atoms with van der Waals surface area (Å²) < 4.78 is 6.37. The molecular weight excluding hydrogens is 318 g/mol. The van der Waals surface area contributed by atoms with Gasteiger partial charge in [0.15, 0.2) is 5.58 Å². The van der Waals surface area contributed by atoms with E-state index in [1.54, 1.807) is 0 Å². The van der Waals surface area contributed by atoms with Gasteiger partial charge in [0.25, 0.3) is 0 Å². The van der Waals surface area contributed by atoms with E-state index in [0.717, 1.165) is 29.0 Å². The van der Waals surface area contributed by atoms with E-state index < -0.39 is 0 Å². The first-order valence-corrected chi connectivity index (χ1v) is 9.37. The second-order valence-corrected chi connectivity index (χ2v) is 7.21. The van der Waals surface area contributed by atoms with E-state index in [2.05, 4.69) is 93.4 Å². The highest BCUT2D eigenvalue weighted by atomic mass is 16.3. The molecule has 0 saturated heterocycles. The first-order valence-electron chi connectivity index (χ1n) is 9.37. The first kappa shape index (κ1) is 16.7. The maximum Gasteiger partial charge on any atom is 0.159 e. The molecule has 2 heteroatoms. The zero-order valence-corrected chi connectivity index (χ0v) is 15.9. The third-order valence-electron chi connectivity index (χ3n) is 5.27. The Hall–Kier alpha value is -2.74. The average Bonchev–Trinajstić information content (AvgIpc) is 3.06. The van der Waals surface area contributed by atoms with Crippen molar-refractivity contribution in [3.05, 3.63) is 71.8 Å². The average molecular weight is 343 g/mol. The van der Waals surface area contributed by atoms with Gasteiger partial charge in [-0.1, -0.05) is 63.2 Å². The van der Waals surface area contributed by atoms with E-state index in [4.69, 9.17) is 4.42 Å². The van der Waals surface area contributed by atoms with E-state index in [0.29, 0.717) is 5.92 Å². The van der Waals surface area contributed by atoms with Crippen LogP contribution in [0.4, 0.5) is 11.4 Å². The Labute approximate surface area is 155 Å². The topological polar surface area (TPSA) is 16.4 Å². The van der Waals surface area contributed by atoms with Gasteiger partial charge in [0.2, 0.25) is 0 Å². The number of fused-ring (bicyclic) bond motifs is 3. The lowest BCUT2D eigenvalue weighted by atomic mass is 10.0. The van der Waals surface area contributed by atoms with E-state index in [1.165, 1.54) is 21.9 Å². The van der Waals surface area contributed by atoms with Crippen molar-refractivity contribution in [2.24, 2.45) is 0 Å². The summed E-state index contributed by atoms with van der Waals surface area (Å²) in [5, 5.41) is 2.38. The van der Waals surface area contributed by atoms with Gasteiger partial charge in [-0.15, -0.1) is 0 Å². The van der Waals surface area contributed by atoms with Crippen LogP contribution in [0.5, 0.6) is 0 Å². The molecule has 0 aliphatic rings. The molecule has 4 rings (SSSR count). The Balaban J connectivity index is 1.85. The number of hydrogen-bond acceptors (Lipinski definition) is 2. The van der Waals surface area contributed by atoms with Gasteiger partial charge in [-0.3, -0.25) is 0 Å². The van der Waals surface area contributed by atoms with Gasteiger partial charge in [0.1, 0.15) is 5.58 Å². The van der Waals surface area contributed by atoms with E-state index in [-0.39, 0.29) is 0 Å². The van der Waals surface area contributed by atoms with Crippen LogP contribution in [-0.2, 0) is 6.42 Å². The summed E-state index contributed by atoms with van der Waals surface area (Å²) >= 11 is 0. The fraction of sp³-hybridized carbons (Fsp3) is 0.250. The normalized spacial score (nSPS) is 11.6. The number of furan rings is 1. The van der Waals surface area contributed by atoms with Gasteiger partial charge < -0.3 is 9.32 Å². The molecule has 0 aliphatic heterocycles. The SMILES string of the molecule is CCc1cccc2c1oc1c(N(C)c3ccc(C(C)C)cc3)cccc12. The maximum absolute atomic E-state index is 6.37. The van der Waals surface area contributed by atoms with Crippen molar-refractivity contribution in [1.29, 1.82) is 0 Å². The molecule has 26 heavy (non-hydrogen) atoms. The number of anilines is 2. The molecule has 0 spiro atoms. The van der Waals surface area contributed by atoms with Crippen molar-refractivity contribution >= 4 is 33.3 Å². The van der Waals surface area contributed by atoms with Crippen LogP contribution >= 0.6 is 0 Å². The standard InChI is InChI=1S/C24H25NO/c1-5-17-8-6-9-20-21-10-7-11-22(24(21)26-23(17)20)25(4)19-14-12-18(13-15-19)16(2)3/h6-16H,5H2,1-4H3. The molecule has 132 valence electrons. The number of aryl methyl sites for hydroxylation is 1. The quantitative estimate of drug-likeness (QED) is 0.395. The zero-order chi connectivity index (χ0) is 18.3. The van der Waals surface area contributed by atoms with Crippen molar-refractivity contribution in [2.75, 3.05) is 11.9 Å². The Kier molecular flexibility index (Phi) is 4.20. The smallest absolute Gasteiger partial charge is 0.159 e. The van der Waals surface area contributed by atoms with Crippen molar-refractivity contribution in [3.63, 3.8) is 0 Å². The molecule has 0 atom stereocenters. The van der Waals surface area contributed by atoms with Crippen LogP contribution in [0.15, 0.2) is 65.1 Å². The molecule has 3 aromatic carbocycles. The lowest BCUT2D eigenvalue weighted by Crippen LogP contribution is -2.09. The first-order chi connectivity index (χ1) is 12.6. The van der Waals surface area contributed by atoms with Gasteiger partial charge >= 0.3 is 0 Å². The summed E-state index contributed by atoms with van der Waals surface area (Å²) in [7, 11) is 2.10. The molecule has 0 unspecified atom stereocenters. The van der Waals surface area contributed by atoms with Crippen molar-refractivity contribution < 1.29 is 4.42 Å². The monoisotopic (exact) mass is 343 g/mol. The van der Waals surface area contributed by atoms with Gasteiger partial charge in [-0.2, -0.15) is 0 Å². The molecule has 0 aliphatic carbocycles. The Morgan fingerprint density at radius 1 is 0.846 bits per heavy atom. The molecular formula is C24H25NO. The molecule has 1 aromatic heterocycles. The fourth-order valence-electron chi connectivity index (χ4n) is 3.63. The molecule has 0 amide bonds. The number of rotatable bonds is 4. The highest BCUT2D eigenvalue weighted by Gasteiger charge is 2.16. The van der Waals surface area contributed by atoms with Crippen molar-refractivity contribution in [1.82, 2.24) is 0 Å². The van der Waals surface area contributed by atoms with E-state index >= 15 is 0 Å². The fourth-order valence-corrected chi connectivity index (χ4v) is 3.63. The minimum absolute atomic E-state index is 0.542. The van der Waals surface area contributed by atoms with Gasteiger partial charge in [-0.25, -0.2) is 0 Å². The largest absolute Gasteiger partial charge is 0.454 e. The predicted molar refractivity (Wildman–Crippen MR) is 112 cm³/mol. The Bertz CT molecular complexity index is 1060. The van der Waals surface area contributed by atoms with E-state index in [1.807, 2.05) is 0 Å². The molecule has 2 nitrogen and oxygen atoms in total. The molecule has 0 fully saturated rings. The van der Waals surface area contributed by atoms with Crippen LogP contribution in [0.2, 0.25) is 0 Å². The van der Waals surface area contributed by atoms with Crippen LogP contribution in [0.1, 0.15) is 37.8 Å². The van der Waals surface area contributed by atoms with Crippen LogP contribution in [0.25, 0.3) is 21.9 Å². The maximum atomic E-state index is 6.37. The summed E-state index contributed by atoms with van der Waals surface area (Å²) in [6.45, 7) is 6.61. The minimum atomic E-state index is 0.542. The van der Waals surface area contributed by atoms with Gasteiger partial charge in [0.05, 0.1) is 5.69 Å². The summed E-state index contributed by atoms with van der Waals surface area (Å²) in [6, 6.07) is 21.6. The molecule has 1 heterocycles. The third-order valence-corrected chi connectivity index (χ3v) is 5.27. The lowest BCUT2D eigenvalue weighted by molar-refractivity contribution is 0.663. The molecule has 0 bridgehead atoms. The third kappa shape index (κ3) is 2.66. The van der Waals surface area contributed by atoms with E-state index in [9.17, 15) is 0 Å². The highest BCUT2D eigenvalue weighted by Crippen LogP contribution is 2.38. The Morgan fingerprint density at radius 3 is 2.15 bits per heavy atom. The summed E-state index contributed by atoms with van der Waals surface area (Å²) in [4.78, 5) is 2.21. The van der Waals surface area contributed by atoms with Crippen LogP contribution < -0.4 is 4.90 Å².